The van der Waals surface area contributed by atoms with Crippen molar-refractivity contribution in [1.82, 2.24) is 14.5 Å². The van der Waals surface area contributed by atoms with Crippen LogP contribution in [0.25, 0.3) is 0 Å². The summed E-state index contributed by atoms with van der Waals surface area (Å²) >= 11 is 1.45. The first-order chi connectivity index (χ1) is 11.6. The summed E-state index contributed by atoms with van der Waals surface area (Å²) < 4.78 is 1.91. The van der Waals surface area contributed by atoms with Crippen LogP contribution in [0, 0.1) is 12.8 Å². The van der Waals surface area contributed by atoms with E-state index in [1.165, 1.54) is 11.3 Å². The Hall–Kier alpha value is -1.99. The van der Waals surface area contributed by atoms with E-state index >= 15 is 0 Å². The third kappa shape index (κ3) is 3.01. The second kappa shape index (κ2) is 6.14. The molecule has 1 amide bonds. The highest BCUT2D eigenvalue weighted by atomic mass is 32.1. The predicted octanol–water partition coefficient (Wildman–Crippen LogP) is 1.67. The molecule has 0 aliphatic carbocycles. The minimum Gasteiger partial charge on any atom is -0.312 e. The Labute approximate surface area is 144 Å². The van der Waals surface area contributed by atoms with Crippen LogP contribution in [0.3, 0.4) is 0 Å². The maximum Gasteiger partial charge on any atom is 0.250 e. The molecule has 2 aliphatic rings. The van der Waals surface area contributed by atoms with Crippen LogP contribution in [-0.2, 0) is 11.3 Å². The summed E-state index contributed by atoms with van der Waals surface area (Å²) in [5, 5.41) is 5.46. The number of thiazole rings is 1. The lowest BCUT2D eigenvalue weighted by atomic mass is 9.83. The van der Waals surface area contributed by atoms with Crippen molar-refractivity contribution in [3.05, 3.63) is 45.3 Å². The maximum atomic E-state index is 12.3. The second-order valence-corrected chi connectivity index (χ2v) is 7.59. The molecule has 0 spiro atoms. The van der Waals surface area contributed by atoms with Crippen molar-refractivity contribution >= 4 is 22.4 Å². The number of hydrogen-bond donors (Lipinski definition) is 1. The molecule has 24 heavy (non-hydrogen) atoms. The Kier molecular flexibility index (Phi) is 3.97. The number of amides is 1. The average molecular weight is 344 g/mol. The number of rotatable bonds is 3. The SMILES string of the molecule is Cc1csc(NC(=O)CN2C[C@@H]3C[C@H](C2)c2cccc(=O)n2C3)n1. The number of carbonyl (C=O) groups is 1. The summed E-state index contributed by atoms with van der Waals surface area (Å²) in [5.74, 6) is 0.752. The van der Waals surface area contributed by atoms with E-state index < -0.39 is 0 Å². The number of aryl methyl sites for hydroxylation is 1. The zero-order valence-corrected chi connectivity index (χ0v) is 14.4. The number of pyridine rings is 1. The quantitative estimate of drug-likeness (QED) is 0.920. The first kappa shape index (κ1) is 15.5. The fourth-order valence-corrected chi connectivity index (χ4v) is 4.60. The maximum absolute atomic E-state index is 12.3. The van der Waals surface area contributed by atoms with E-state index in [0.29, 0.717) is 23.5 Å². The standard InChI is InChI=1S/C17H20N4O2S/c1-11-10-24-17(18-11)19-15(22)9-20-6-12-5-13(8-20)14-3-2-4-16(23)21(14)7-12/h2-4,10,12-13H,5-9H2,1H3,(H,18,19,22)/t12-,13+/m0/s1. The number of aromatic nitrogens is 2. The summed E-state index contributed by atoms with van der Waals surface area (Å²) in [6.45, 7) is 4.74. The van der Waals surface area contributed by atoms with Crippen LogP contribution >= 0.6 is 11.3 Å². The summed E-state index contributed by atoms with van der Waals surface area (Å²) in [5.41, 5.74) is 2.12. The molecule has 4 rings (SSSR count). The molecular formula is C17H20N4O2S. The molecule has 1 N–H and O–H groups in total. The second-order valence-electron chi connectivity index (χ2n) is 6.73. The van der Waals surface area contributed by atoms with Gasteiger partial charge in [0.15, 0.2) is 5.13 Å². The van der Waals surface area contributed by atoms with Crippen LogP contribution in [0.15, 0.2) is 28.4 Å². The van der Waals surface area contributed by atoms with Crippen molar-refractivity contribution in [2.24, 2.45) is 5.92 Å². The molecule has 2 aromatic heterocycles. The van der Waals surface area contributed by atoms with Gasteiger partial charge >= 0.3 is 0 Å². The lowest BCUT2D eigenvalue weighted by Crippen LogP contribution is -2.49. The van der Waals surface area contributed by atoms with Gasteiger partial charge in [0, 0.05) is 42.7 Å². The minimum atomic E-state index is -0.0187. The molecule has 1 saturated heterocycles. The highest BCUT2D eigenvalue weighted by Gasteiger charge is 2.34. The van der Waals surface area contributed by atoms with Crippen molar-refractivity contribution < 1.29 is 4.79 Å². The third-order valence-electron chi connectivity index (χ3n) is 4.79. The Bertz CT molecular complexity index is 828. The molecule has 0 aromatic carbocycles. The van der Waals surface area contributed by atoms with E-state index in [1.54, 1.807) is 6.07 Å². The number of hydrogen-bond acceptors (Lipinski definition) is 5. The molecule has 0 saturated carbocycles. The van der Waals surface area contributed by atoms with Gasteiger partial charge in [0.1, 0.15) is 0 Å². The molecule has 0 unspecified atom stereocenters. The van der Waals surface area contributed by atoms with Gasteiger partial charge in [-0.05, 0) is 25.3 Å². The molecule has 7 heteroatoms. The van der Waals surface area contributed by atoms with Crippen LogP contribution in [-0.4, -0.2) is 40.0 Å². The van der Waals surface area contributed by atoms with Gasteiger partial charge in [-0.25, -0.2) is 4.98 Å². The van der Waals surface area contributed by atoms with E-state index in [2.05, 4.69) is 15.2 Å². The first-order valence-corrected chi connectivity index (χ1v) is 9.10. The summed E-state index contributed by atoms with van der Waals surface area (Å²) in [7, 11) is 0. The van der Waals surface area contributed by atoms with E-state index in [4.69, 9.17) is 0 Å². The first-order valence-electron chi connectivity index (χ1n) is 8.22. The Morgan fingerprint density at radius 1 is 1.38 bits per heavy atom. The van der Waals surface area contributed by atoms with Crippen molar-refractivity contribution in [3.63, 3.8) is 0 Å². The highest BCUT2D eigenvalue weighted by molar-refractivity contribution is 7.13. The smallest absolute Gasteiger partial charge is 0.250 e. The minimum absolute atomic E-state index is 0.0187. The normalized spacial score (nSPS) is 22.9. The van der Waals surface area contributed by atoms with Crippen molar-refractivity contribution in [2.45, 2.75) is 25.8 Å². The molecule has 1 fully saturated rings. The zero-order valence-electron chi connectivity index (χ0n) is 13.6. The average Bonchev–Trinajstić information content (AvgIpc) is 2.93. The Morgan fingerprint density at radius 2 is 2.25 bits per heavy atom. The fraction of sp³-hybridized carbons (Fsp3) is 0.471. The summed E-state index contributed by atoms with van der Waals surface area (Å²) in [4.78, 5) is 30.8. The largest absolute Gasteiger partial charge is 0.312 e. The van der Waals surface area contributed by atoms with Gasteiger partial charge in [-0.1, -0.05) is 6.07 Å². The van der Waals surface area contributed by atoms with Crippen molar-refractivity contribution in [2.75, 3.05) is 25.0 Å². The lowest BCUT2D eigenvalue weighted by Gasteiger charge is -2.42. The Morgan fingerprint density at radius 3 is 3.04 bits per heavy atom. The van der Waals surface area contributed by atoms with Crippen LogP contribution in [0.1, 0.15) is 23.7 Å². The molecule has 0 radical (unpaired) electrons. The molecule has 2 aromatic rings. The van der Waals surface area contributed by atoms with Gasteiger partial charge in [-0.3, -0.25) is 14.5 Å². The van der Waals surface area contributed by atoms with Gasteiger partial charge in [0.25, 0.3) is 5.56 Å². The van der Waals surface area contributed by atoms with Gasteiger partial charge in [0.2, 0.25) is 5.91 Å². The number of nitrogens with zero attached hydrogens (tertiary/aromatic N) is 3. The number of fused-ring (bicyclic) bond motifs is 4. The summed E-state index contributed by atoms with van der Waals surface area (Å²) in [6, 6.07) is 5.51. The molecule has 126 valence electrons. The van der Waals surface area contributed by atoms with E-state index in [-0.39, 0.29) is 11.5 Å². The monoisotopic (exact) mass is 344 g/mol. The number of carbonyl (C=O) groups excluding carboxylic acids is 1. The van der Waals surface area contributed by atoms with Gasteiger partial charge in [0.05, 0.1) is 12.2 Å². The van der Waals surface area contributed by atoms with E-state index in [9.17, 15) is 9.59 Å². The number of likely N-dealkylation sites (tertiary alicyclic amines) is 1. The Balaban J connectivity index is 1.44. The predicted molar refractivity (Wildman–Crippen MR) is 93.5 cm³/mol. The number of piperidine rings is 1. The van der Waals surface area contributed by atoms with Crippen molar-refractivity contribution in [3.8, 4) is 0 Å². The van der Waals surface area contributed by atoms with Crippen LogP contribution in [0.4, 0.5) is 5.13 Å². The molecular weight excluding hydrogens is 324 g/mol. The van der Waals surface area contributed by atoms with Crippen LogP contribution in [0.2, 0.25) is 0 Å². The van der Waals surface area contributed by atoms with Gasteiger partial charge < -0.3 is 9.88 Å². The fourth-order valence-electron chi connectivity index (χ4n) is 3.90. The third-order valence-corrected chi connectivity index (χ3v) is 5.66. The zero-order chi connectivity index (χ0) is 16.7. The highest BCUT2D eigenvalue weighted by Crippen LogP contribution is 2.34. The molecule has 2 atom stereocenters. The molecule has 4 heterocycles. The van der Waals surface area contributed by atoms with Crippen LogP contribution in [0.5, 0.6) is 0 Å². The van der Waals surface area contributed by atoms with E-state index in [0.717, 1.165) is 37.4 Å². The topological polar surface area (TPSA) is 67.2 Å². The van der Waals surface area contributed by atoms with Gasteiger partial charge in [-0.2, -0.15) is 0 Å². The van der Waals surface area contributed by atoms with E-state index in [1.807, 2.05) is 29.0 Å². The van der Waals surface area contributed by atoms with Crippen molar-refractivity contribution in [1.29, 1.82) is 0 Å². The summed E-state index contributed by atoms with van der Waals surface area (Å²) in [6.07, 6.45) is 1.10. The molecule has 6 nitrogen and oxygen atoms in total. The molecule has 2 aliphatic heterocycles. The number of nitrogens with one attached hydrogen (secondary N) is 1. The lowest BCUT2D eigenvalue weighted by molar-refractivity contribution is -0.117. The van der Waals surface area contributed by atoms with Crippen LogP contribution < -0.4 is 10.9 Å². The number of anilines is 1. The molecule has 2 bridgehead atoms. The van der Waals surface area contributed by atoms with Gasteiger partial charge in [-0.15, -0.1) is 11.3 Å².